The first kappa shape index (κ1) is 25.0. The van der Waals surface area contributed by atoms with Gasteiger partial charge in [-0.15, -0.1) is 5.10 Å². The second kappa shape index (κ2) is 9.15. The molecule has 0 spiro atoms. The van der Waals surface area contributed by atoms with Crippen molar-refractivity contribution >= 4 is 17.5 Å². The number of pyridine rings is 1. The van der Waals surface area contributed by atoms with Crippen molar-refractivity contribution < 1.29 is 36.2 Å². The fraction of sp³-hybridized carbons (Fsp3) is 0.174. The molecule has 0 saturated carbocycles. The Kier molecular flexibility index (Phi) is 6.35. The van der Waals surface area contributed by atoms with Crippen molar-refractivity contribution in [2.24, 2.45) is 0 Å². The van der Waals surface area contributed by atoms with Gasteiger partial charge in [0.25, 0.3) is 11.8 Å². The van der Waals surface area contributed by atoms with Crippen molar-refractivity contribution in [3.05, 3.63) is 82.6 Å². The molecule has 4 aromatic rings. The van der Waals surface area contributed by atoms with Gasteiger partial charge in [0.2, 0.25) is 5.95 Å². The molecule has 0 saturated heterocycles. The first-order valence-electron chi connectivity index (χ1n) is 10.3. The van der Waals surface area contributed by atoms with Crippen LogP contribution in [0, 0.1) is 30.2 Å². The third kappa shape index (κ3) is 4.56. The molecule has 2 aromatic carbocycles. The van der Waals surface area contributed by atoms with Crippen molar-refractivity contribution in [3.63, 3.8) is 0 Å². The number of fused-ring (bicyclic) bond motifs is 1. The van der Waals surface area contributed by atoms with Crippen molar-refractivity contribution in [1.82, 2.24) is 19.9 Å². The van der Waals surface area contributed by atoms with E-state index in [1.807, 2.05) is 0 Å². The summed E-state index contributed by atoms with van der Waals surface area (Å²) in [6, 6.07) is 5.97. The van der Waals surface area contributed by atoms with E-state index < -0.39 is 58.9 Å². The van der Waals surface area contributed by atoms with E-state index >= 15 is 4.39 Å². The highest BCUT2D eigenvalue weighted by Crippen LogP contribution is 2.34. The van der Waals surface area contributed by atoms with E-state index in [0.29, 0.717) is 11.2 Å². The number of nitrogen functional groups attached to an aromatic ring is 1. The van der Waals surface area contributed by atoms with Crippen molar-refractivity contribution in [1.29, 1.82) is 0 Å². The second-order valence-electron chi connectivity index (χ2n) is 7.94. The summed E-state index contributed by atoms with van der Waals surface area (Å²) in [6.07, 6.45) is -1.60. The maximum atomic E-state index is 15.4. The number of nitrogens with two attached hydrogens (primary N) is 1. The third-order valence-corrected chi connectivity index (χ3v) is 5.44. The zero-order valence-corrected chi connectivity index (χ0v) is 18.4. The zero-order valence-electron chi connectivity index (χ0n) is 18.4. The number of aliphatic hydroxyl groups is 1. The maximum Gasteiger partial charge on any atom is 0.294 e. The van der Waals surface area contributed by atoms with Gasteiger partial charge in [-0.05, 0) is 30.2 Å². The van der Waals surface area contributed by atoms with Crippen LogP contribution in [0.25, 0.3) is 16.8 Å². The van der Waals surface area contributed by atoms with Crippen LogP contribution in [-0.4, -0.2) is 38.1 Å². The van der Waals surface area contributed by atoms with Crippen LogP contribution < -0.4 is 11.1 Å². The minimum Gasteiger partial charge on any atom is -0.382 e. The summed E-state index contributed by atoms with van der Waals surface area (Å²) in [4.78, 5) is 16.6. The number of aryl methyl sites for hydroxylation is 1. The Morgan fingerprint density at radius 3 is 2.47 bits per heavy atom. The molecule has 0 bridgehead atoms. The van der Waals surface area contributed by atoms with E-state index in [2.05, 4.69) is 10.1 Å². The normalized spacial score (nSPS) is 12.7. The van der Waals surface area contributed by atoms with Crippen LogP contribution in [0.5, 0.6) is 0 Å². The van der Waals surface area contributed by atoms with Gasteiger partial charge in [-0.3, -0.25) is 4.79 Å². The van der Waals surface area contributed by atoms with Crippen molar-refractivity contribution in [2.45, 2.75) is 19.0 Å². The number of benzene rings is 2. The number of hydrogen-bond donors (Lipinski definition) is 3. The lowest BCUT2D eigenvalue weighted by atomic mass is 9.98. The van der Waals surface area contributed by atoms with E-state index in [1.54, 1.807) is 5.32 Å². The fourth-order valence-corrected chi connectivity index (χ4v) is 3.65. The lowest BCUT2D eigenvalue weighted by Crippen LogP contribution is -2.41. The molecule has 36 heavy (non-hydrogen) atoms. The molecule has 0 radical (unpaired) electrons. The van der Waals surface area contributed by atoms with Gasteiger partial charge in [0.15, 0.2) is 5.65 Å². The number of nitrogens with zero attached hydrogens (tertiary/aromatic N) is 3. The van der Waals surface area contributed by atoms with Gasteiger partial charge in [0, 0.05) is 23.9 Å². The lowest BCUT2D eigenvalue weighted by Gasteiger charge is -2.24. The molecule has 2 heterocycles. The Labute approximate surface area is 199 Å². The molecule has 7 nitrogen and oxygen atoms in total. The molecule has 1 amide bonds. The number of carbonyl (C=O) groups excluding carboxylic acids is 1. The van der Waals surface area contributed by atoms with Crippen LogP contribution in [0.1, 0.15) is 27.6 Å². The topological polar surface area (TPSA) is 106 Å². The highest BCUT2D eigenvalue weighted by atomic mass is 19.3. The Hall–Kier alpha value is -4.13. The van der Waals surface area contributed by atoms with Crippen molar-refractivity contribution in [2.75, 3.05) is 12.3 Å². The van der Waals surface area contributed by atoms with Gasteiger partial charge >= 0.3 is 0 Å². The van der Waals surface area contributed by atoms with E-state index in [1.165, 1.54) is 41.9 Å². The average Bonchev–Trinajstić information content (AvgIpc) is 3.16. The summed E-state index contributed by atoms with van der Waals surface area (Å²) >= 11 is 0. The smallest absolute Gasteiger partial charge is 0.294 e. The van der Waals surface area contributed by atoms with Crippen LogP contribution in [0.15, 0.2) is 42.6 Å². The Bertz CT molecular complexity index is 1470. The highest BCUT2D eigenvalue weighted by Gasteiger charge is 2.43. The summed E-state index contributed by atoms with van der Waals surface area (Å²) in [7, 11) is 0. The highest BCUT2D eigenvalue weighted by molar-refractivity contribution is 5.97. The van der Waals surface area contributed by atoms with Crippen LogP contribution >= 0.6 is 0 Å². The predicted molar refractivity (Wildman–Crippen MR) is 116 cm³/mol. The largest absolute Gasteiger partial charge is 0.382 e. The SMILES string of the molecule is Cc1ccc(-c2ccn3nc(N)nc3c2)c(F)c1C(=O)NCC(F)(F)[C@H](O)c1c(F)cc(F)cc1F. The molecule has 4 N–H and O–H groups in total. The summed E-state index contributed by atoms with van der Waals surface area (Å²) < 4.78 is 86.5. The number of halogens is 6. The minimum absolute atomic E-state index is 0.0138. The standard InChI is InChI=1S/C23H17F6N5O2/c1-10-2-3-13(11-4-5-34-16(6-11)32-22(30)33-34)19(27)17(10)21(36)31-9-23(28,29)20(35)18-14(25)7-12(24)8-15(18)26/h2-8,20,35H,9H2,1H3,(H2,30,33)(H,31,36)/t20-/m1/s1. The maximum absolute atomic E-state index is 15.4. The average molecular weight is 509 g/mol. The number of anilines is 1. The second-order valence-corrected chi connectivity index (χ2v) is 7.94. The molecular formula is C23H17F6N5O2. The number of nitrogens with one attached hydrogen (secondary N) is 1. The molecule has 0 aliphatic heterocycles. The van der Waals surface area contributed by atoms with Gasteiger partial charge in [-0.25, -0.2) is 30.9 Å². The Morgan fingerprint density at radius 2 is 1.81 bits per heavy atom. The van der Waals surface area contributed by atoms with Gasteiger partial charge in [0.1, 0.15) is 29.4 Å². The number of amides is 1. The molecule has 13 heteroatoms. The van der Waals surface area contributed by atoms with Crippen molar-refractivity contribution in [3.8, 4) is 11.1 Å². The van der Waals surface area contributed by atoms with E-state index in [4.69, 9.17) is 5.73 Å². The number of rotatable bonds is 6. The van der Waals surface area contributed by atoms with Crippen LogP contribution in [0.4, 0.5) is 32.3 Å². The first-order chi connectivity index (χ1) is 16.9. The third-order valence-electron chi connectivity index (χ3n) is 5.44. The fourth-order valence-electron chi connectivity index (χ4n) is 3.65. The number of alkyl halides is 2. The number of aliphatic hydroxyl groups excluding tert-OH is 1. The molecule has 188 valence electrons. The molecule has 2 aromatic heterocycles. The zero-order chi connectivity index (χ0) is 26.4. The van der Waals surface area contributed by atoms with Crippen LogP contribution in [-0.2, 0) is 0 Å². The summed E-state index contributed by atoms with van der Waals surface area (Å²) in [5, 5.41) is 15.6. The lowest BCUT2D eigenvalue weighted by molar-refractivity contribution is -0.109. The summed E-state index contributed by atoms with van der Waals surface area (Å²) in [6.45, 7) is -0.224. The number of carbonyl (C=O) groups is 1. The first-order valence-corrected chi connectivity index (χ1v) is 10.3. The molecule has 0 fully saturated rings. The predicted octanol–water partition coefficient (Wildman–Crippen LogP) is 3.94. The molecule has 4 rings (SSSR count). The van der Waals surface area contributed by atoms with Crippen LogP contribution in [0.2, 0.25) is 0 Å². The Balaban J connectivity index is 1.59. The van der Waals surface area contributed by atoms with Gasteiger partial charge in [-0.1, -0.05) is 12.1 Å². The van der Waals surface area contributed by atoms with E-state index in [-0.39, 0.29) is 29.2 Å². The molecule has 0 aliphatic carbocycles. The minimum atomic E-state index is -4.30. The monoisotopic (exact) mass is 509 g/mol. The number of aromatic nitrogens is 3. The number of hydrogen-bond acceptors (Lipinski definition) is 5. The van der Waals surface area contributed by atoms with E-state index in [9.17, 15) is 31.9 Å². The molecule has 1 atom stereocenters. The Morgan fingerprint density at radius 1 is 1.14 bits per heavy atom. The van der Waals surface area contributed by atoms with Gasteiger partial charge in [-0.2, -0.15) is 4.98 Å². The molecule has 0 unspecified atom stereocenters. The summed E-state index contributed by atoms with van der Waals surface area (Å²) in [5.74, 6) is -11.4. The quantitative estimate of drug-likeness (QED) is 0.342. The van der Waals surface area contributed by atoms with Crippen LogP contribution in [0.3, 0.4) is 0 Å². The molecular weight excluding hydrogens is 492 g/mol. The molecule has 0 aliphatic rings. The summed E-state index contributed by atoms with van der Waals surface area (Å²) in [5.41, 5.74) is 4.17. The van der Waals surface area contributed by atoms with Gasteiger partial charge in [0.05, 0.1) is 17.7 Å². The van der Waals surface area contributed by atoms with Gasteiger partial charge < -0.3 is 16.2 Å². The van der Waals surface area contributed by atoms with E-state index in [0.717, 1.165) is 0 Å².